The van der Waals surface area contributed by atoms with Gasteiger partial charge in [-0.1, -0.05) is 23.7 Å². The summed E-state index contributed by atoms with van der Waals surface area (Å²) < 4.78 is 5.11. The highest BCUT2D eigenvalue weighted by molar-refractivity contribution is 6.32. The number of carbonyl (C=O) groups excluding carboxylic acids is 2. The molecule has 2 rings (SSSR count). The number of halogens is 1. The van der Waals surface area contributed by atoms with Gasteiger partial charge in [-0.3, -0.25) is 9.59 Å². The fraction of sp³-hybridized carbons (Fsp3) is 0.222. The molecule has 2 aromatic carbocycles. The minimum atomic E-state index is -0.193. The van der Waals surface area contributed by atoms with Crippen molar-refractivity contribution in [3.63, 3.8) is 0 Å². The molecule has 0 saturated carbocycles. The van der Waals surface area contributed by atoms with Crippen molar-refractivity contribution in [3.05, 3.63) is 58.6 Å². The van der Waals surface area contributed by atoms with Crippen molar-refractivity contribution >= 4 is 29.1 Å². The maximum atomic E-state index is 12.2. The molecule has 0 unspecified atom stereocenters. The van der Waals surface area contributed by atoms with Gasteiger partial charge in [0.1, 0.15) is 5.75 Å². The van der Waals surface area contributed by atoms with Crippen LogP contribution in [0.5, 0.6) is 5.75 Å². The average molecular weight is 347 g/mol. The van der Waals surface area contributed by atoms with Crippen molar-refractivity contribution in [1.82, 2.24) is 5.32 Å². The number of nitrogens with one attached hydrogen (secondary N) is 2. The number of anilines is 1. The van der Waals surface area contributed by atoms with E-state index < -0.39 is 0 Å². The molecule has 0 aliphatic rings. The van der Waals surface area contributed by atoms with E-state index in [0.29, 0.717) is 35.0 Å². The van der Waals surface area contributed by atoms with Crippen LogP contribution in [-0.2, 0) is 11.2 Å². The summed E-state index contributed by atoms with van der Waals surface area (Å²) in [6.45, 7) is 1.90. The van der Waals surface area contributed by atoms with Gasteiger partial charge in [0, 0.05) is 24.7 Å². The summed E-state index contributed by atoms with van der Waals surface area (Å²) >= 11 is 6.08. The van der Waals surface area contributed by atoms with Gasteiger partial charge in [0.15, 0.2) is 0 Å². The van der Waals surface area contributed by atoms with Crippen LogP contribution < -0.4 is 15.4 Å². The average Bonchev–Trinajstić information content (AvgIpc) is 2.54. The molecule has 24 heavy (non-hydrogen) atoms. The van der Waals surface area contributed by atoms with Gasteiger partial charge < -0.3 is 15.4 Å². The predicted octanol–water partition coefficient (Wildman–Crippen LogP) is 3.28. The molecule has 6 heteroatoms. The monoisotopic (exact) mass is 346 g/mol. The largest absolute Gasteiger partial charge is 0.495 e. The minimum absolute atomic E-state index is 0.177. The Hall–Kier alpha value is -2.53. The van der Waals surface area contributed by atoms with Crippen molar-refractivity contribution < 1.29 is 14.3 Å². The Morgan fingerprint density at radius 2 is 1.96 bits per heavy atom. The molecular formula is C18H19ClN2O3. The van der Waals surface area contributed by atoms with E-state index in [1.165, 1.54) is 6.92 Å². The van der Waals surface area contributed by atoms with Crippen LogP contribution in [0.25, 0.3) is 0 Å². The number of benzene rings is 2. The highest BCUT2D eigenvalue weighted by Crippen LogP contribution is 2.24. The lowest BCUT2D eigenvalue weighted by molar-refractivity contribution is -0.114. The molecule has 2 N–H and O–H groups in total. The molecule has 126 valence electrons. The smallest absolute Gasteiger partial charge is 0.251 e. The molecule has 0 saturated heterocycles. The molecule has 0 radical (unpaired) electrons. The molecule has 0 fully saturated rings. The third-order valence-corrected chi connectivity index (χ3v) is 3.66. The summed E-state index contributed by atoms with van der Waals surface area (Å²) in [7, 11) is 1.57. The summed E-state index contributed by atoms with van der Waals surface area (Å²) in [5, 5.41) is 6.05. The molecule has 0 heterocycles. The van der Waals surface area contributed by atoms with Crippen LogP contribution in [0.3, 0.4) is 0 Å². The van der Waals surface area contributed by atoms with E-state index in [1.54, 1.807) is 37.4 Å². The summed E-state index contributed by atoms with van der Waals surface area (Å²) in [5.74, 6) is 0.255. The van der Waals surface area contributed by atoms with Crippen LogP contribution in [0.4, 0.5) is 5.69 Å². The zero-order valence-electron chi connectivity index (χ0n) is 13.6. The van der Waals surface area contributed by atoms with Gasteiger partial charge in [-0.25, -0.2) is 0 Å². The standard InChI is InChI=1S/C18H19ClN2O3/c1-12(22)21-15-5-3-4-14(11-15)18(23)20-9-8-13-6-7-17(24-2)16(19)10-13/h3-7,10-11H,8-9H2,1-2H3,(H,20,23)(H,21,22). The van der Waals surface area contributed by atoms with Crippen molar-refractivity contribution in [2.45, 2.75) is 13.3 Å². The van der Waals surface area contributed by atoms with Gasteiger partial charge in [-0.05, 0) is 42.3 Å². The Kier molecular flexibility index (Phi) is 6.21. The molecule has 0 aromatic heterocycles. The number of hydrogen-bond donors (Lipinski definition) is 2. The fourth-order valence-electron chi connectivity index (χ4n) is 2.23. The molecule has 0 aliphatic carbocycles. The van der Waals surface area contributed by atoms with E-state index in [-0.39, 0.29) is 11.8 Å². The molecule has 0 spiro atoms. The van der Waals surface area contributed by atoms with E-state index in [9.17, 15) is 9.59 Å². The molecule has 2 aromatic rings. The second kappa shape index (κ2) is 8.36. The molecule has 0 aliphatic heterocycles. The summed E-state index contributed by atoms with van der Waals surface area (Å²) in [6.07, 6.45) is 0.654. The van der Waals surface area contributed by atoms with Crippen molar-refractivity contribution in [3.8, 4) is 5.75 Å². The first-order valence-corrected chi connectivity index (χ1v) is 7.85. The predicted molar refractivity (Wildman–Crippen MR) is 94.8 cm³/mol. The maximum Gasteiger partial charge on any atom is 0.251 e. The second-order valence-corrected chi connectivity index (χ2v) is 5.64. The highest BCUT2D eigenvalue weighted by atomic mass is 35.5. The third kappa shape index (κ3) is 4.99. The van der Waals surface area contributed by atoms with Crippen LogP contribution in [0.1, 0.15) is 22.8 Å². The molecular weight excluding hydrogens is 328 g/mol. The van der Waals surface area contributed by atoms with Crippen LogP contribution in [-0.4, -0.2) is 25.5 Å². The Balaban J connectivity index is 1.91. The zero-order chi connectivity index (χ0) is 17.5. The minimum Gasteiger partial charge on any atom is -0.495 e. The molecule has 0 bridgehead atoms. The number of rotatable bonds is 6. The summed E-state index contributed by atoms with van der Waals surface area (Å²) in [6, 6.07) is 12.3. The second-order valence-electron chi connectivity index (χ2n) is 5.24. The van der Waals surface area contributed by atoms with E-state index in [0.717, 1.165) is 5.56 Å². The molecule has 2 amide bonds. The Bertz CT molecular complexity index is 747. The first-order chi connectivity index (χ1) is 11.5. The topological polar surface area (TPSA) is 67.4 Å². The molecule has 0 atom stereocenters. The quantitative estimate of drug-likeness (QED) is 0.843. The SMILES string of the molecule is COc1ccc(CCNC(=O)c2cccc(NC(C)=O)c2)cc1Cl. The Labute approximate surface area is 146 Å². The summed E-state index contributed by atoms with van der Waals surface area (Å²) in [4.78, 5) is 23.2. The first kappa shape index (κ1) is 17.8. The first-order valence-electron chi connectivity index (χ1n) is 7.48. The zero-order valence-corrected chi connectivity index (χ0v) is 14.3. The van der Waals surface area contributed by atoms with E-state index >= 15 is 0 Å². The van der Waals surface area contributed by atoms with E-state index in [4.69, 9.17) is 16.3 Å². The van der Waals surface area contributed by atoms with Gasteiger partial charge in [0.25, 0.3) is 5.91 Å². The Morgan fingerprint density at radius 3 is 2.62 bits per heavy atom. The van der Waals surface area contributed by atoms with Crippen molar-refractivity contribution in [2.24, 2.45) is 0 Å². The van der Waals surface area contributed by atoms with E-state index in [2.05, 4.69) is 10.6 Å². The van der Waals surface area contributed by atoms with Gasteiger partial charge in [-0.15, -0.1) is 0 Å². The number of amides is 2. The number of carbonyl (C=O) groups is 2. The summed E-state index contributed by atoms with van der Waals surface area (Å²) in [5.41, 5.74) is 2.10. The van der Waals surface area contributed by atoms with Crippen molar-refractivity contribution in [1.29, 1.82) is 0 Å². The van der Waals surface area contributed by atoms with Crippen LogP contribution >= 0.6 is 11.6 Å². The van der Waals surface area contributed by atoms with Gasteiger partial charge in [0.05, 0.1) is 12.1 Å². The number of methoxy groups -OCH3 is 1. The maximum absolute atomic E-state index is 12.2. The van der Waals surface area contributed by atoms with Crippen LogP contribution in [0.2, 0.25) is 5.02 Å². The fourth-order valence-corrected chi connectivity index (χ4v) is 2.51. The molecule has 5 nitrogen and oxygen atoms in total. The van der Waals surface area contributed by atoms with Crippen LogP contribution in [0, 0.1) is 0 Å². The lowest BCUT2D eigenvalue weighted by Gasteiger charge is -2.09. The van der Waals surface area contributed by atoms with Crippen molar-refractivity contribution in [2.75, 3.05) is 19.0 Å². The lowest BCUT2D eigenvalue weighted by atomic mass is 10.1. The van der Waals surface area contributed by atoms with Crippen LogP contribution in [0.15, 0.2) is 42.5 Å². The van der Waals surface area contributed by atoms with Gasteiger partial charge in [0.2, 0.25) is 5.91 Å². The number of ether oxygens (including phenoxy) is 1. The third-order valence-electron chi connectivity index (χ3n) is 3.36. The van der Waals surface area contributed by atoms with Gasteiger partial charge in [-0.2, -0.15) is 0 Å². The van der Waals surface area contributed by atoms with E-state index in [1.807, 2.05) is 12.1 Å². The van der Waals surface area contributed by atoms with Gasteiger partial charge >= 0.3 is 0 Å². The highest BCUT2D eigenvalue weighted by Gasteiger charge is 2.07. The lowest BCUT2D eigenvalue weighted by Crippen LogP contribution is -2.25. The Morgan fingerprint density at radius 1 is 1.17 bits per heavy atom. The normalized spacial score (nSPS) is 10.1. The number of hydrogen-bond acceptors (Lipinski definition) is 3.